The highest BCUT2D eigenvalue weighted by molar-refractivity contribution is 8.03. The molecule has 0 heterocycles. The van der Waals surface area contributed by atoms with Gasteiger partial charge in [-0.05, 0) is 6.42 Å². The number of rotatable bonds is 5. The molecule has 0 aromatic rings. The molecule has 0 atom stereocenters. The third kappa shape index (κ3) is 8.70. The first-order chi connectivity index (χ1) is 4.27. The van der Waals surface area contributed by atoms with Gasteiger partial charge in [0.1, 0.15) is 0 Å². The lowest BCUT2D eigenvalue weighted by Crippen LogP contribution is -1.78. The molecule has 0 aliphatic heterocycles. The van der Waals surface area contributed by atoms with Crippen LogP contribution in [0.2, 0.25) is 0 Å². The summed E-state index contributed by atoms with van der Waals surface area (Å²) in [6, 6.07) is 0. The third-order valence-corrected chi connectivity index (χ3v) is 1.70. The summed E-state index contributed by atoms with van der Waals surface area (Å²) in [5, 5.41) is 0. The summed E-state index contributed by atoms with van der Waals surface area (Å²) >= 11 is 8.16. The molecule has 2 heteroatoms. The molecular weight excluding hydrogens is 148 g/mol. The highest BCUT2D eigenvalue weighted by atomic mass is 32.2. The Morgan fingerprint density at radius 3 is 2.22 bits per heavy atom. The molecule has 55 valence electrons. The first kappa shape index (κ1) is 9.70. The lowest BCUT2D eigenvalue weighted by atomic mass is 10.2. The largest absolute Gasteiger partial charge is 0.159 e. The highest BCUT2D eigenvalue weighted by Gasteiger charge is 1.94. The predicted octanol–water partition coefficient (Wildman–Crippen LogP) is 3.31. The smallest absolute Gasteiger partial charge is 0.0784 e. The van der Waals surface area contributed by atoms with E-state index in [1.807, 2.05) is 0 Å². The van der Waals surface area contributed by atoms with Crippen LogP contribution in [0.25, 0.3) is 0 Å². The second-order valence-corrected chi connectivity index (χ2v) is 3.66. The lowest BCUT2D eigenvalue weighted by molar-refractivity contribution is 0.668. The molecule has 0 fully saturated rings. The normalized spacial score (nSPS) is 10.7. The Balaban J connectivity index is 2.75. The average Bonchev–Trinajstić information content (AvgIpc) is 1.80. The molecule has 0 saturated heterocycles. The molecule has 0 aliphatic rings. The van der Waals surface area contributed by atoms with Crippen LogP contribution in [-0.2, 0) is 0 Å². The minimum absolute atomic E-state index is 0.964. The highest BCUT2D eigenvalue weighted by Crippen LogP contribution is 2.19. The monoisotopic (exact) mass is 163 g/mol. The van der Waals surface area contributed by atoms with E-state index in [9.17, 15) is 0 Å². The summed E-state index contributed by atoms with van der Waals surface area (Å²) in [7, 11) is 0. The standard InChI is InChI=1S/C7H15S2/c1-2-3-4-5-6-7(8)9/h8-9H,2-6H2,1H3. The Bertz CT molecular complexity index is 52.9. The second-order valence-electron chi connectivity index (χ2n) is 2.23. The molecule has 0 aromatic carbocycles. The van der Waals surface area contributed by atoms with E-state index in [-0.39, 0.29) is 0 Å². The summed E-state index contributed by atoms with van der Waals surface area (Å²) < 4.78 is 0.964. The zero-order valence-electron chi connectivity index (χ0n) is 5.93. The van der Waals surface area contributed by atoms with Gasteiger partial charge in [0.15, 0.2) is 0 Å². The van der Waals surface area contributed by atoms with Gasteiger partial charge in [-0.3, -0.25) is 0 Å². The molecule has 0 aromatic heterocycles. The van der Waals surface area contributed by atoms with Gasteiger partial charge in [0.05, 0.1) is 4.58 Å². The second kappa shape index (κ2) is 6.81. The predicted molar refractivity (Wildman–Crippen MR) is 50.0 cm³/mol. The van der Waals surface area contributed by atoms with Gasteiger partial charge in [0.2, 0.25) is 0 Å². The Hall–Kier alpha value is 0.700. The van der Waals surface area contributed by atoms with Gasteiger partial charge in [0.25, 0.3) is 0 Å². The van der Waals surface area contributed by atoms with Gasteiger partial charge in [-0.1, -0.05) is 32.6 Å². The van der Waals surface area contributed by atoms with Gasteiger partial charge in [0, 0.05) is 0 Å². The maximum Gasteiger partial charge on any atom is 0.0784 e. The van der Waals surface area contributed by atoms with Crippen molar-refractivity contribution in [1.82, 2.24) is 0 Å². The Morgan fingerprint density at radius 2 is 1.78 bits per heavy atom. The van der Waals surface area contributed by atoms with E-state index in [1.54, 1.807) is 0 Å². The van der Waals surface area contributed by atoms with Crippen molar-refractivity contribution in [3.63, 3.8) is 0 Å². The SMILES string of the molecule is CCCCCC[C](S)S. The Morgan fingerprint density at radius 1 is 1.11 bits per heavy atom. The maximum absolute atomic E-state index is 4.08. The third-order valence-electron chi connectivity index (χ3n) is 1.25. The molecule has 0 N–H and O–H groups in total. The summed E-state index contributed by atoms with van der Waals surface area (Å²) in [6.45, 7) is 2.21. The minimum atomic E-state index is 0.964. The summed E-state index contributed by atoms with van der Waals surface area (Å²) in [6.07, 6.45) is 6.27. The van der Waals surface area contributed by atoms with Crippen molar-refractivity contribution in [3.8, 4) is 0 Å². The van der Waals surface area contributed by atoms with E-state index >= 15 is 0 Å². The van der Waals surface area contributed by atoms with Gasteiger partial charge < -0.3 is 0 Å². The number of hydrogen-bond donors (Lipinski definition) is 2. The van der Waals surface area contributed by atoms with Crippen molar-refractivity contribution < 1.29 is 0 Å². The first-order valence-corrected chi connectivity index (χ1v) is 4.40. The van der Waals surface area contributed by atoms with E-state index < -0.39 is 0 Å². The van der Waals surface area contributed by atoms with Crippen LogP contribution in [0.15, 0.2) is 0 Å². The maximum atomic E-state index is 4.08. The Kier molecular flexibility index (Phi) is 7.34. The molecule has 0 nitrogen and oxygen atoms in total. The van der Waals surface area contributed by atoms with Crippen LogP contribution in [0.3, 0.4) is 0 Å². The number of hydrogen-bond acceptors (Lipinski definition) is 2. The quantitative estimate of drug-likeness (QED) is 0.451. The minimum Gasteiger partial charge on any atom is -0.159 e. The average molecular weight is 163 g/mol. The molecule has 0 unspecified atom stereocenters. The van der Waals surface area contributed by atoms with E-state index in [0.717, 1.165) is 11.0 Å². The van der Waals surface area contributed by atoms with Crippen LogP contribution in [0.5, 0.6) is 0 Å². The topological polar surface area (TPSA) is 0 Å². The summed E-state index contributed by atoms with van der Waals surface area (Å²) in [5.74, 6) is 0. The van der Waals surface area contributed by atoms with Gasteiger partial charge in [-0.25, -0.2) is 0 Å². The van der Waals surface area contributed by atoms with E-state index in [1.165, 1.54) is 25.7 Å². The van der Waals surface area contributed by atoms with E-state index in [4.69, 9.17) is 0 Å². The number of thiol groups is 2. The molecule has 0 aliphatic carbocycles. The lowest BCUT2D eigenvalue weighted by Gasteiger charge is -1.99. The zero-order chi connectivity index (χ0) is 7.11. The fraction of sp³-hybridized carbons (Fsp3) is 0.857. The van der Waals surface area contributed by atoms with Crippen LogP contribution in [0.4, 0.5) is 0 Å². The first-order valence-electron chi connectivity index (χ1n) is 3.51. The van der Waals surface area contributed by atoms with Crippen LogP contribution < -0.4 is 0 Å². The Labute approximate surface area is 69.2 Å². The molecule has 1 radical (unpaired) electrons. The molecule has 9 heavy (non-hydrogen) atoms. The van der Waals surface area contributed by atoms with Crippen molar-refractivity contribution in [1.29, 1.82) is 0 Å². The van der Waals surface area contributed by atoms with Crippen LogP contribution in [0.1, 0.15) is 39.0 Å². The van der Waals surface area contributed by atoms with Crippen molar-refractivity contribution in [2.45, 2.75) is 39.0 Å². The molecule has 0 amide bonds. The van der Waals surface area contributed by atoms with Crippen LogP contribution in [-0.4, -0.2) is 0 Å². The fourth-order valence-electron chi connectivity index (χ4n) is 0.710. The summed E-state index contributed by atoms with van der Waals surface area (Å²) in [5.41, 5.74) is 0. The van der Waals surface area contributed by atoms with Crippen LogP contribution in [0, 0.1) is 4.58 Å². The molecular formula is C7H15S2. The molecule has 0 saturated carbocycles. The fourth-order valence-corrected chi connectivity index (χ4v) is 1.03. The summed E-state index contributed by atoms with van der Waals surface area (Å²) in [4.78, 5) is 0. The van der Waals surface area contributed by atoms with E-state index in [0.29, 0.717) is 0 Å². The van der Waals surface area contributed by atoms with E-state index in [2.05, 4.69) is 32.2 Å². The van der Waals surface area contributed by atoms with Gasteiger partial charge in [-0.2, -0.15) is 25.3 Å². The molecule has 0 spiro atoms. The van der Waals surface area contributed by atoms with Gasteiger partial charge in [-0.15, -0.1) is 0 Å². The van der Waals surface area contributed by atoms with Crippen molar-refractivity contribution in [3.05, 3.63) is 4.58 Å². The molecule has 0 bridgehead atoms. The van der Waals surface area contributed by atoms with Crippen LogP contribution >= 0.6 is 25.3 Å². The molecule has 0 rings (SSSR count). The van der Waals surface area contributed by atoms with Crippen molar-refractivity contribution >= 4 is 25.3 Å². The van der Waals surface area contributed by atoms with Crippen molar-refractivity contribution in [2.75, 3.05) is 0 Å². The van der Waals surface area contributed by atoms with Crippen molar-refractivity contribution in [2.24, 2.45) is 0 Å². The van der Waals surface area contributed by atoms with Gasteiger partial charge >= 0.3 is 0 Å². The number of unbranched alkanes of at least 4 members (excludes halogenated alkanes) is 3. The zero-order valence-corrected chi connectivity index (χ0v) is 7.72.